The Hall–Kier alpha value is -0.460. The van der Waals surface area contributed by atoms with Crippen molar-refractivity contribution in [2.75, 3.05) is 6.54 Å². The van der Waals surface area contributed by atoms with Crippen LogP contribution in [-0.4, -0.2) is 17.5 Å². The molecule has 0 amide bonds. The van der Waals surface area contributed by atoms with Gasteiger partial charge in [0.1, 0.15) is 0 Å². The SMILES string of the molecule is C=C1CCC(CCC)CN1C(C)C. The summed E-state index contributed by atoms with van der Waals surface area (Å²) in [5, 5.41) is 0. The molecule has 0 aromatic rings. The van der Waals surface area contributed by atoms with Gasteiger partial charge in [0.15, 0.2) is 0 Å². The quantitative estimate of drug-likeness (QED) is 0.645. The molecule has 1 aliphatic rings. The molecule has 1 heterocycles. The van der Waals surface area contributed by atoms with Crippen LogP contribution in [0.2, 0.25) is 0 Å². The molecule has 1 unspecified atom stereocenters. The normalized spacial score (nSPS) is 24.2. The predicted molar refractivity (Wildman–Crippen MR) is 58.6 cm³/mol. The van der Waals surface area contributed by atoms with Gasteiger partial charge in [-0.1, -0.05) is 19.9 Å². The second kappa shape index (κ2) is 4.69. The highest BCUT2D eigenvalue weighted by Crippen LogP contribution is 2.27. The maximum Gasteiger partial charge on any atom is 0.0230 e. The summed E-state index contributed by atoms with van der Waals surface area (Å²) in [7, 11) is 0. The van der Waals surface area contributed by atoms with Gasteiger partial charge >= 0.3 is 0 Å². The van der Waals surface area contributed by atoms with Crippen LogP contribution in [-0.2, 0) is 0 Å². The van der Waals surface area contributed by atoms with Crippen molar-refractivity contribution in [3.8, 4) is 0 Å². The van der Waals surface area contributed by atoms with Crippen LogP contribution in [0.4, 0.5) is 0 Å². The van der Waals surface area contributed by atoms with Crippen LogP contribution in [0.25, 0.3) is 0 Å². The summed E-state index contributed by atoms with van der Waals surface area (Å²) in [5.41, 5.74) is 1.35. The molecular weight excluding hydrogens is 158 g/mol. The lowest BCUT2D eigenvalue weighted by Crippen LogP contribution is -2.38. The molecule has 0 aliphatic carbocycles. The average molecular weight is 181 g/mol. The van der Waals surface area contributed by atoms with Gasteiger partial charge in [0.2, 0.25) is 0 Å². The summed E-state index contributed by atoms with van der Waals surface area (Å²) in [5.74, 6) is 0.915. The zero-order valence-corrected chi connectivity index (χ0v) is 9.34. The Balaban J connectivity index is 2.48. The Morgan fingerprint density at radius 3 is 2.77 bits per heavy atom. The van der Waals surface area contributed by atoms with E-state index in [1.807, 2.05) is 0 Å². The first-order chi connectivity index (χ1) is 6.15. The first-order valence-electron chi connectivity index (χ1n) is 5.59. The van der Waals surface area contributed by atoms with E-state index >= 15 is 0 Å². The molecule has 1 saturated heterocycles. The van der Waals surface area contributed by atoms with Gasteiger partial charge in [-0.3, -0.25) is 0 Å². The number of likely N-dealkylation sites (tertiary alicyclic amines) is 1. The van der Waals surface area contributed by atoms with Crippen molar-refractivity contribution in [2.45, 2.75) is 52.5 Å². The van der Waals surface area contributed by atoms with Gasteiger partial charge in [0, 0.05) is 18.3 Å². The standard InChI is InChI=1S/C12H23N/c1-5-6-12-8-7-11(4)13(9-12)10(2)3/h10,12H,4-9H2,1-3H3. The van der Waals surface area contributed by atoms with Crippen molar-refractivity contribution in [2.24, 2.45) is 5.92 Å². The van der Waals surface area contributed by atoms with Crippen LogP contribution >= 0.6 is 0 Å². The number of hydrogen-bond acceptors (Lipinski definition) is 1. The molecule has 0 N–H and O–H groups in total. The zero-order valence-electron chi connectivity index (χ0n) is 9.34. The van der Waals surface area contributed by atoms with Gasteiger partial charge in [0.05, 0.1) is 0 Å². The molecule has 0 radical (unpaired) electrons. The highest BCUT2D eigenvalue weighted by Gasteiger charge is 2.22. The minimum Gasteiger partial charge on any atom is -0.373 e. The predicted octanol–water partition coefficient (Wildman–Crippen LogP) is 3.42. The molecule has 1 heteroatoms. The number of piperidine rings is 1. The highest BCUT2D eigenvalue weighted by molar-refractivity contribution is 5.00. The van der Waals surface area contributed by atoms with E-state index in [4.69, 9.17) is 0 Å². The Kier molecular flexibility index (Phi) is 3.83. The lowest BCUT2D eigenvalue weighted by Gasteiger charge is -2.39. The van der Waals surface area contributed by atoms with Crippen molar-refractivity contribution in [3.05, 3.63) is 12.3 Å². The minimum absolute atomic E-state index is 0.632. The summed E-state index contributed by atoms with van der Waals surface area (Å²) in [6, 6.07) is 0.632. The van der Waals surface area contributed by atoms with E-state index in [0.717, 1.165) is 5.92 Å². The third kappa shape index (κ3) is 2.75. The molecule has 1 rings (SSSR count). The van der Waals surface area contributed by atoms with E-state index in [0.29, 0.717) is 6.04 Å². The van der Waals surface area contributed by atoms with Gasteiger partial charge in [-0.2, -0.15) is 0 Å². The molecule has 1 atom stereocenters. The smallest absolute Gasteiger partial charge is 0.0230 e. The van der Waals surface area contributed by atoms with Crippen molar-refractivity contribution in [1.82, 2.24) is 4.90 Å². The number of rotatable bonds is 3. The summed E-state index contributed by atoms with van der Waals surface area (Å²) in [6.45, 7) is 12.2. The Morgan fingerprint density at radius 1 is 1.54 bits per heavy atom. The summed E-state index contributed by atoms with van der Waals surface area (Å²) >= 11 is 0. The van der Waals surface area contributed by atoms with E-state index in [-0.39, 0.29) is 0 Å². The summed E-state index contributed by atoms with van der Waals surface area (Å²) < 4.78 is 0. The number of allylic oxidation sites excluding steroid dienone is 1. The number of nitrogens with zero attached hydrogens (tertiary/aromatic N) is 1. The van der Waals surface area contributed by atoms with Crippen molar-refractivity contribution < 1.29 is 0 Å². The molecular formula is C12H23N. The van der Waals surface area contributed by atoms with Crippen LogP contribution in [0.1, 0.15) is 46.5 Å². The molecule has 13 heavy (non-hydrogen) atoms. The van der Waals surface area contributed by atoms with Gasteiger partial charge in [0.25, 0.3) is 0 Å². The summed E-state index contributed by atoms with van der Waals surface area (Å²) in [6.07, 6.45) is 5.28. The molecule has 1 fully saturated rings. The average Bonchev–Trinajstić information content (AvgIpc) is 2.08. The first kappa shape index (κ1) is 10.6. The van der Waals surface area contributed by atoms with E-state index in [1.165, 1.54) is 37.9 Å². The fourth-order valence-corrected chi connectivity index (χ4v) is 2.23. The van der Waals surface area contributed by atoms with Crippen LogP contribution in [0.5, 0.6) is 0 Å². The largest absolute Gasteiger partial charge is 0.373 e. The van der Waals surface area contributed by atoms with E-state index < -0.39 is 0 Å². The zero-order chi connectivity index (χ0) is 9.84. The Labute approximate surface area is 82.8 Å². The van der Waals surface area contributed by atoms with Crippen LogP contribution in [0, 0.1) is 5.92 Å². The molecule has 1 nitrogen and oxygen atoms in total. The van der Waals surface area contributed by atoms with Gasteiger partial charge < -0.3 is 4.90 Å². The lowest BCUT2D eigenvalue weighted by molar-refractivity contribution is 0.183. The second-order valence-electron chi connectivity index (χ2n) is 4.51. The lowest BCUT2D eigenvalue weighted by atomic mass is 9.91. The van der Waals surface area contributed by atoms with Crippen LogP contribution in [0.15, 0.2) is 12.3 Å². The maximum atomic E-state index is 4.14. The third-order valence-electron chi connectivity index (χ3n) is 3.02. The fourth-order valence-electron chi connectivity index (χ4n) is 2.23. The third-order valence-corrected chi connectivity index (χ3v) is 3.02. The van der Waals surface area contributed by atoms with Crippen molar-refractivity contribution in [3.63, 3.8) is 0 Å². The van der Waals surface area contributed by atoms with Gasteiger partial charge in [-0.05, 0) is 39.0 Å². The molecule has 0 spiro atoms. The minimum atomic E-state index is 0.632. The van der Waals surface area contributed by atoms with E-state index in [2.05, 4.69) is 32.3 Å². The molecule has 76 valence electrons. The molecule has 0 saturated carbocycles. The molecule has 0 aromatic carbocycles. The molecule has 0 bridgehead atoms. The van der Waals surface area contributed by atoms with E-state index in [9.17, 15) is 0 Å². The highest BCUT2D eigenvalue weighted by atomic mass is 15.2. The van der Waals surface area contributed by atoms with Crippen LogP contribution < -0.4 is 0 Å². The molecule has 0 aromatic heterocycles. The van der Waals surface area contributed by atoms with E-state index in [1.54, 1.807) is 0 Å². The summed E-state index contributed by atoms with van der Waals surface area (Å²) in [4.78, 5) is 2.48. The Bertz CT molecular complexity index is 172. The molecule has 1 aliphatic heterocycles. The second-order valence-corrected chi connectivity index (χ2v) is 4.51. The topological polar surface area (TPSA) is 3.24 Å². The van der Waals surface area contributed by atoms with Gasteiger partial charge in [-0.15, -0.1) is 0 Å². The first-order valence-corrected chi connectivity index (χ1v) is 5.59. The maximum absolute atomic E-state index is 4.14. The fraction of sp³-hybridized carbons (Fsp3) is 0.833. The van der Waals surface area contributed by atoms with Gasteiger partial charge in [-0.25, -0.2) is 0 Å². The van der Waals surface area contributed by atoms with Crippen LogP contribution in [0.3, 0.4) is 0 Å². The number of hydrogen-bond donors (Lipinski definition) is 0. The van der Waals surface area contributed by atoms with Crippen molar-refractivity contribution in [1.29, 1.82) is 0 Å². The monoisotopic (exact) mass is 181 g/mol. The Morgan fingerprint density at radius 2 is 2.23 bits per heavy atom. The van der Waals surface area contributed by atoms with Crippen molar-refractivity contribution >= 4 is 0 Å².